The molecule has 2 N–H and O–H groups in total. The summed E-state index contributed by atoms with van der Waals surface area (Å²) in [6, 6.07) is 4.48. The highest BCUT2D eigenvalue weighted by atomic mass is 35.5. The fourth-order valence-electron chi connectivity index (χ4n) is 2.01. The molecule has 2 rings (SSSR count). The van der Waals surface area contributed by atoms with Crippen molar-refractivity contribution in [3.63, 3.8) is 0 Å². The third kappa shape index (κ3) is 2.41. The van der Waals surface area contributed by atoms with Crippen molar-refractivity contribution in [2.24, 2.45) is 5.92 Å². The van der Waals surface area contributed by atoms with E-state index in [-0.39, 0.29) is 10.6 Å². The molecule has 0 amide bonds. The van der Waals surface area contributed by atoms with Crippen LogP contribution < -0.4 is 5.73 Å². The Kier molecular flexibility index (Phi) is 3.34. The Bertz CT molecular complexity index is 530. The second-order valence-corrected chi connectivity index (χ2v) is 6.78. The van der Waals surface area contributed by atoms with Crippen LogP contribution in [0.1, 0.15) is 13.3 Å². The van der Waals surface area contributed by atoms with Crippen molar-refractivity contribution in [2.45, 2.75) is 18.2 Å². The molecule has 6 heteroatoms. The lowest BCUT2D eigenvalue weighted by atomic mass is 10.2. The zero-order valence-corrected chi connectivity index (χ0v) is 11.1. The van der Waals surface area contributed by atoms with Gasteiger partial charge in [-0.3, -0.25) is 0 Å². The lowest BCUT2D eigenvalue weighted by molar-refractivity contribution is 0.465. The van der Waals surface area contributed by atoms with Crippen LogP contribution in [0.4, 0.5) is 5.69 Å². The molecular weight excluding hydrogens is 260 g/mol. The van der Waals surface area contributed by atoms with Gasteiger partial charge < -0.3 is 5.73 Å². The highest BCUT2D eigenvalue weighted by Crippen LogP contribution is 2.28. The molecule has 1 unspecified atom stereocenters. The first-order valence-corrected chi connectivity index (χ1v) is 7.28. The SMILES string of the molecule is CC1CCN(S(=O)(=O)c2ccc(Cl)cc2N)C1. The Morgan fingerprint density at radius 3 is 2.71 bits per heavy atom. The summed E-state index contributed by atoms with van der Waals surface area (Å²) in [6.45, 7) is 3.16. The fourth-order valence-corrected chi connectivity index (χ4v) is 3.86. The predicted molar refractivity (Wildman–Crippen MR) is 68.4 cm³/mol. The van der Waals surface area contributed by atoms with E-state index in [1.54, 1.807) is 6.07 Å². The van der Waals surface area contributed by atoms with Gasteiger partial charge in [0.2, 0.25) is 10.0 Å². The molecule has 1 aliphatic heterocycles. The van der Waals surface area contributed by atoms with Gasteiger partial charge in [0.1, 0.15) is 4.90 Å². The van der Waals surface area contributed by atoms with Gasteiger partial charge >= 0.3 is 0 Å². The Morgan fingerprint density at radius 2 is 2.18 bits per heavy atom. The Morgan fingerprint density at radius 1 is 1.47 bits per heavy atom. The number of rotatable bonds is 2. The van der Waals surface area contributed by atoms with Crippen molar-refractivity contribution in [1.29, 1.82) is 0 Å². The summed E-state index contributed by atoms with van der Waals surface area (Å²) >= 11 is 5.76. The molecule has 0 saturated carbocycles. The van der Waals surface area contributed by atoms with Crippen molar-refractivity contribution in [3.8, 4) is 0 Å². The number of hydrogen-bond donors (Lipinski definition) is 1. The van der Waals surface area contributed by atoms with Gasteiger partial charge in [-0.15, -0.1) is 0 Å². The van der Waals surface area contributed by atoms with E-state index < -0.39 is 10.0 Å². The van der Waals surface area contributed by atoms with Crippen molar-refractivity contribution < 1.29 is 8.42 Å². The molecule has 94 valence electrons. The maximum Gasteiger partial charge on any atom is 0.245 e. The van der Waals surface area contributed by atoms with Gasteiger partial charge in [0.15, 0.2) is 0 Å². The number of benzene rings is 1. The molecule has 0 aromatic heterocycles. The highest BCUT2D eigenvalue weighted by molar-refractivity contribution is 7.89. The average molecular weight is 275 g/mol. The molecule has 1 aromatic rings. The largest absolute Gasteiger partial charge is 0.398 e. The second-order valence-electron chi connectivity index (χ2n) is 4.44. The molecule has 4 nitrogen and oxygen atoms in total. The van der Waals surface area contributed by atoms with Crippen LogP contribution in [-0.2, 0) is 10.0 Å². The van der Waals surface area contributed by atoms with E-state index in [4.69, 9.17) is 17.3 Å². The average Bonchev–Trinajstić information content (AvgIpc) is 2.64. The van der Waals surface area contributed by atoms with Crippen LogP contribution in [0.2, 0.25) is 5.02 Å². The summed E-state index contributed by atoms with van der Waals surface area (Å²) < 4.78 is 26.1. The van der Waals surface area contributed by atoms with Crippen LogP contribution in [-0.4, -0.2) is 25.8 Å². The van der Waals surface area contributed by atoms with E-state index in [2.05, 4.69) is 0 Å². The summed E-state index contributed by atoms with van der Waals surface area (Å²) in [5, 5.41) is 0.441. The topological polar surface area (TPSA) is 63.4 Å². The molecule has 17 heavy (non-hydrogen) atoms. The Balaban J connectivity index is 2.38. The van der Waals surface area contributed by atoms with E-state index in [0.717, 1.165) is 6.42 Å². The first-order chi connectivity index (χ1) is 7.91. The van der Waals surface area contributed by atoms with Crippen LogP contribution in [0.3, 0.4) is 0 Å². The summed E-state index contributed by atoms with van der Waals surface area (Å²) in [6.07, 6.45) is 0.896. The second kappa shape index (κ2) is 4.48. The normalized spacial score (nSPS) is 21.9. The standard InChI is InChI=1S/C11H15ClN2O2S/c1-8-4-5-14(7-8)17(15,16)11-3-2-9(12)6-10(11)13/h2-3,6,8H,4-5,7,13H2,1H3. The quantitative estimate of drug-likeness (QED) is 0.839. The number of anilines is 1. The van der Waals surface area contributed by atoms with Crippen LogP contribution in [0, 0.1) is 5.92 Å². The first kappa shape index (κ1) is 12.7. The fraction of sp³-hybridized carbons (Fsp3) is 0.455. The van der Waals surface area contributed by atoms with Gasteiger partial charge in [-0.2, -0.15) is 4.31 Å². The van der Waals surface area contributed by atoms with Crippen LogP contribution in [0.15, 0.2) is 23.1 Å². The lowest BCUT2D eigenvalue weighted by Gasteiger charge is -2.17. The van der Waals surface area contributed by atoms with E-state index in [1.807, 2.05) is 6.92 Å². The summed E-state index contributed by atoms with van der Waals surface area (Å²) in [5.41, 5.74) is 5.93. The Labute approximate surface area is 106 Å². The van der Waals surface area contributed by atoms with Crippen LogP contribution >= 0.6 is 11.6 Å². The van der Waals surface area contributed by atoms with Gasteiger partial charge in [0, 0.05) is 18.1 Å². The molecule has 1 heterocycles. The van der Waals surface area contributed by atoms with Crippen LogP contribution in [0.5, 0.6) is 0 Å². The lowest BCUT2D eigenvalue weighted by Crippen LogP contribution is -2.29. The highest BCUT2D eigenvalue weighted by Gasteiger charge is 2.31. The number of hydrogen-bond acceptors (Lipinski definition) is 3. The summed E-state index contributed by atoms with van der Waals surface area (Å²) in [7, 11) is -3.47. The van der Waals surface area contributed by atoms with Crippen molar-refractivity contribution in [1.82, 2.24) is 4.31 Å². The zero-order valence-electron chi connectivity index (χ0n) is 9.56. The van der Waals surface area contributed by atoms with E-state index in [9.17, 15) is 8.42 Å². The monoisotopic (exact) mass is 274 g/mol. The molecule has 0 radical (unpaired) electrons. The third-order valence-corrected chi connectivity index (χ3v) is 5.15. The summed E-state index contributed by atoms with van der Waals surface area (Å²) in [5.74, 6) is 0.401. The van der Waals surface area contributed by atoms with Gasteiger partial charge in [-0.05, 0) is 30.5 Å². The minimum Gasteiger partial charge on any atom is -0.398 e. The van der Waals surface area contributed by atoms with Crippen molar-refractivity contribution in [2.75, 3.05) is 18.8 Å². The van der Waals surface area contributed by atoms with Gasteiger partial charge in [-0.1, -0.05) is 18.5 Å². The molecule has 0 bridgehead atoms. The molecule has 0 spiro atoms. The van der Waals surface area contributed by atoms with Gasteiger partial charge in [-0.25, -0.2) is 8.42 Å². The predicted octanol–water partition coefficient (Wildman–Crippen LogP) is 1.95. The van der Waals surface area contributed by atoms with Gasteiger partial charge in [0.05, 0.1) is 5.69 Å². The first-order valence-electron chi connectivity index (χ1n) is 5.46. The molecule has 1 fully saturated rings. The minimum atomic E-state index is -3.47. The Hall–Kier alpha value is -0.780. The number of nitrogens with zero attached hydrogens (tertiary/aromatic N) is 1. The maximum absolute atomic E-state index is 12.3. The molecular formula is C11H15ClN2O2S. The molecule has 1 aromatic carbocycles. The zero-order chi connectivity index (χ0) is 12.6. The minimum absolute atomic E-state index is 0.149. The van der Waals surface area contributed by atoms with Crippen molar-refractivity contribution >= 4 is 27.3 Å². The van der Waals surface area contributed by atoms with Crippen molar-refractivity contribution in [3.05, 3.63) is 23.2 Å². The van der Waals surface area contributed by atoms with E-state index >= 15 is 0 Å². The third-order valence-electron chi connectivity index (χ3n) is 2.98. The maximum atomic E-state index is 12.3. The van der Waals surface area contributed by atoms with E-state index in [0.29, 0.717) is 24.0 Å². The molecule has 1 atom stereocenters. The number of sulfonamides is 1. The number of nitrogens with two attached hydrogens (primary N) is 1. The van der Waals surface area contributed by atoms with Gasteiger partial charge in [0.25, 0.3) is 0 Å². The number of halogens is 1. The molecule has 1 saturated heterocycles. The molecule has 1 aliphatic rings. The summed E-state index contributed by atoms with van der Waals surface area (Å²) in [4.78, 5) is 0.149. The number of nitrogen functional groups attached to an aromatic ring is 1. The van der Waals surface area contributed by atoms with Crippen LogP contribution in [0.25, 0.3) is 0 Å². The smallest absolute Gasteiger partial charge is 0.245 e. The van der Waals surface area contributed by atoms with E-state index in [1.165, 1.54) is 16.4 Å². The molecule has 0 aliphatic carbocycles.